The molecule has 0 aliphatic heterocycles. The quantitative estimate of drug-likeness (QED) is 0.766. The first-order valence-corrected chi connectivity index (χ1v) is 6.15. The molecule has 0 saturated heterocycles. The summed E-state index contributed by atoms with van der Waals surface area (Å²) in [4.78, 5) is 7.31. The van der Waals surface area contributed by atoms with Crippen LogP contribution >= 0.6 is 11.6 Å². The Balaban J connectivity index is 1.66. The maximum absolute atomic E-state index is 5.82. The summed E-state index contributed by atoms with van der Waals surface area (Å²) in [6.45, 7) is 0.468. The fourth-order valence-electron chi connectivity index (χ4n) is 1.65. The molecule has 1 aromatic carbocycles. The van der Waals surface area contributed by atoms with E-state index >= 15 is 0 Å². The zero-order valence-electron chi connectivity index (χ0n) is 9.93. The van der Waals surface area contributed by atoms with Gasteiger partial charge in [-0.1, -0.05) is 16.8 Å². The lowest BCUT2D eigenvalue weighted by Gasteiger charge is -2.02. The van der Waals surface area contributed by atoms with Crippen LogP contribution in [0, 0.1) is 0 Å². The Kier molecular flexibility index (Phi) is 3.20. The molecular formula is C13H11ClN4O. The number of aromatic nitrogens is 3. The lowest BCUT2D eigenvalue weighted by atomic mass is 10.3. The van der Waals surface area contributed by atoms with E-state index in [-0.39, 0.29) is 0 Å². The van der Waals surface area contributed by atoms with E-state index in [0.29, 0.717) is 23.3 Å². The minimum atomic E-state index is 0.468. The fourth-order valence-corrected chi connectivity index (χ4v) is 1.78. The van der Waals surface area contributed by atoms with Crippen molar-refractivity contribution in [1.29, 1.82) is 0 Å². The first-order chi connectivity index (χ1) is 9.31. The zero-order valence-corrected chi connectivity index (χ0v) is 10.7. The van der Waals surface area contributed by atoms with Crippen LogP contribution in [0.4, 0.5) is 5.69 Å². The standard InChI is InChI=1S/C13H11ClN4O/c14-9-3-5-10(6-4-9)16-8-12-17-13(18-19-12)11-2-1-7-15-11/h1-7,15-16H,8H2. The summed E-state index contributed by atoms with van der Waals surface area (Å²) >= 11 is 5.82. The molecule has 3 rings (SSSR count). The monoisotopic (exact) mass is 274 g/mol. The van der Waals surface area contributed by atoms with E-state index in [1.54, 1.807) is 0 Å². The highest BCUT2D eigenvalue weighted by Crippen LogP contribution is 2.15. The number of nitrogens with one attached hydrogen (secondary N) is 2. The van der Waals surface area contributed by atoms with Crippen LogP contribution in [0.3, 0.4) is 0 Å². The number of nitrogens with zero attached hydrogens (tertiary/aromatic N) is 2. The summed E-state index contributed by atoms with van der Waals surface area (Å²) in [5.74, 6) is 1.08. The molecule has 5 nitrogen and oxygen atoms in total. The van der Waals surface area contributed by atoms with Crippen molar-refractivity contribution in [1.82, 2.24) is 15.1 Å². The largest absolute Gasteiger partial charge is 0.376 e. The molecule has 2 N–H and O–H groups in total. The maximum atomic E-state index is 5.82. The van der Waals surface area contributed by atoms with Gasteiger partial charge >= 0.3 is 0 Å². The number of hydrogen-bond donors (Lipinski definition) is 2. The fraction of sp³-hybridized carbons (Fsp3) is 0.0769. The summed E-state index contributed by atoms with van der Waals surface area (Å²) in [6.07, 6.45) is 1.82. The van der Waals surface area contributed by atoms with Crippen molar-refractivity contribution in [3.05, 3.63) is 53.5 Å². The molecule has 0 amide bonds. The number of aromatic amines is 1. The van der Waals surface area contributed by atoms with Gasteiger partial charge < -0.3 is 14.8 Å². The Morgan fingerprint density at radius 2 is 2.05 bits per heavy atom. The third-order valence-corrected chi connectivity index (χ3v) is 2.85. The van der Waals surface area contributed by atoms with E-state index in [0.717, 1.165) is 11.4 Å². The van der Waals surface area contributed by atoms with Gasteiger partial charge in [-0.25, -0.2) is 0 Å². The molecule has 0 atom stereocenters. The SMILES string of the molecule is Clc1ccc(NCc2nc(-c3ccc[nH]3)no2)cc1. The average molecular weight is 275 g/mol. The third-order valence-electron chi connectivity index (χ3n) is 2.59. The maximum Gasteiger partial charge on any atom is 0.246 e. The lowest BCUT2D eigenvalue weighted by Crippen LogP contribution is -1.99. The van der Waals surface area contributed by atoms with Crippen LogP contribution in [0.1, 0.15) is 5.89 Å². The van der Waals surface area contributed by atoms with E-state index < -0.39 is 0 Å². The normalized spacial score (nSPS) is 10.6. The Morgan fingerprint density at radius 1 is 1.21 bits per heavy atom. The zero-order chi connectivity index (χ0) is 13.1. The topological polar surface area (TPSA) is 66.7 Å². The van der Waals surface area contributed by atoms with Gasteiger partial charge in [0, 0.05) is 16.9 Å². The second-order valence-corrected chi connectivity index (χ2v) is 4.39. The molecule has 0 aliphatic carbocycles. The Morgan fingerprint density at radius 3 is 2.79 bits per heavy atom. The van der Waals surface area contributed by atoms with Crippen LogP contribution in [0.5, 0.6) is 0 Å². The molecule has 19 heavy (non-hydrogen) atoms. The van der Waals surface area contributed by atoms with Crippen molar-refractivity contribution >= 4 is 17.3 Å². The predicted molar refractivity (Wildman–Crippen MR) is 72.9 cm³/mol. The van der Waals surface area contributed by atoms with E-state index in [1.807, 2.05) is 42.6 Å². The Bertz CT molecular complexity index is 646. The van der Waals surface area contributed by atoms with Crippen LogP contribution in [0.2, 0.25) is 5.02 Å². The molecule has 6 heteroatoms. The summed E-state index contributed by atoms with van der Waals surface area (Å²) in [7, 11) is 0. The molecule has 0 unspecified atom stereocenters. The van der Waals surface area contributed by atoms with Crippen molar-refractivity contribution in [2.75, 3.05) is 5.32 Å². The molecule has 2 heterocycles. The smallest absolute Gasteiger partial charge is 0.246 e. The Labute approximate surface area is 114 Å². The highest BCUT2D eigenvalue weighted by Gasteiger charge is 2.08. The van der Waals surface area contributed by atoms with E-state index in [4.69, 9.17) is 16.1 Å². The highest BCUT2D eigenvalue weighted by molar-refractivity contribution is 6.30. The van der Waals surface area contributed by atoms with Gasteiger partial charge in [-0.2, -0.15) is 4.98 Å². The third kappa shape index (κ3) is 2.77. The molecule has 0 fully saturated rings. The molecule has 0 spiro atoms. The van der Waals surface area contributed by atoms with Gasteiger partial charge in [0.25, 0.3) is 0 Å². The Hall–Kier alpha value is -2.27. The number of benzene rings is 1. The lowest BCUT2D eigenvalue weighted by molar-refractivity contribution is 0.384. The summed E-state index contributed by atoms with van der Waals surface area (Å²) in [5, 5.41) is 7.79. The molecule has 0 saturated carbocycles. The number of H-pyrrole nitrogens is 1. The molecular weight excluding hydrogens is 264 g/mol. The van der Waals surface area contributed by atoms with Crippen LogP contribution in [0.15, 0.2) is 47.1 Å². The summed E-state index contributed by atoms with van der Waals surface area (Å²) in [5.41, 5.74) is 1.78. The van der Waals surface area contributed by atoms with Crippen molar-refractivity contribution in [2.24, 2.45) is 0 Å². The first kappa shape index (κ1) is 11.8. The number of rotatable bonds is 4. The van der Waals surface area contributed by atoms with Crippen LogP contribution in [0.25, 0.3) is 11.5 Å². The van der Waals surface area contributed by atoms with Gasteiger partial charge in [-0.3, -0.25) is 0 Å². The molecule has 0 bridgehead atoms. The van der Waals surface area contributed by atoms with Gasteiger partial charge in [0.05, 0.1) is 12.2 Å². The first-order valence-electron chi connectivity index (χ1n) is 5.77. The second-order valence-electron chi connectivity index (χ2n) is 3.96. The van der Waals surface area contributed by atoms with E-state index in [9.17, 15) is 0 Å². The van der Waals surface area contributed by atoms with Crippen molar-refractivity contribution in [3.8, 4) is 11.5 Å². The van der Waals surface area contributed by atoms with Crippen LogP contribution < -0.4 is 5.32 Å². The van der Waals surface area contributed by atoms with Gasteiger partial charge in [-0.05, 0) is 36.4 Å². The minimum absolute atomic E-state index is 0.468. The van der Waals surface area contributed by atoms with Gasteiger partial charge in [-0.15, -0.1) is 0 Å². The van der Waals surface area contributed by atoms with Gasteiger partial charge in [0.1, 0.15) is 0 Å². The number of hydrogen-bond acceptors (Lipinski definition) is 4. The van der Waals surface area contributed by atoms with E-state index in [1.165, 1.54) is 0 Å². The van der Waals surface area contributed by atoms with Gasteiger partial charge in [0.2, 0.25) is 11.7 Å². The predicted octanol–water partition coefficient (Wildman–Crippen LogP) is 3.33. The highest BCUT2D eigenvalue weighted by atomic mass is 35.5. The molecule has 3 aromatic rings. The van der Waals surface area contributed by atoms with Crippen LogP contribution in [-0.4, -0.2) is 15.1 Å². The van der Waals surface area contributed by atoms with Crippen LogP contribution in [-0.2, 0) is 6.54 Å². The second kappa shape index (κ2) is 5.16. The molecule has 2 aromatic heterocycles. The average Bonchev–Trinajstić information content (AvgIpc) is 3.09. The summed E-state index contributed by atoms with van der Waals surface area (Å²) < 4.78 is 5.16. The van der Waals surface area contributed by atoms with Crippen molar-refractivity contribution < 1.29 is 4.52 Å². The number of halogens is 1. The minimum Gasteiger partial charge on any atom is -0.376 e. The van der Waals surface area contributed by atoms with Gasteiger partial charge in [0.15, 0.2) is 0 Å². The van der Waals surface area contributed by atoms with Crippen molar-refractivity contribution in [2.45, 2.75) is 6.54 Å². The molecule has 96 valence electrons. The molecule has 0 radical (unpaired) electrons. The van der Waals surface area contributed by atoms with Crippen molar-refractivity contribution in [3.63, 3.8) is 0 Å². The number of anilines is 1. The van der Waals surface area contributed by atoms with E-state index in [2.05, 4.69) is 20.4 Å². The molecule has 0 aliphatic rings. The summed E-state index contributed by atoms with van der Waals surface area (Å²) in [6, 6.07) is 11.2.